The summed E-state index contributed by atoms with van der Waals surface area (Å²) in [4.78, 5) is 61.8. The van der Waals surface area contributed by atoms with Gasteiger partial charge in [0.25, 0.3) is 5.91 Å². The third-order valence-corrected chi connectivity index (χ3v) is 7.19. The molecule has 210 valence electrons. The monoisotopic (exact) mass is 607 g/mol. The number of nitrogens with zero attached hydrogens (tertiary/aromatic N) is 4. The summed E-state index contributed by atoms with van der Waals surface area (Å²) in [6, 6.07) is 10.5. The highest BCUT2D eigenvalue weighted by molar-refractivity contribution is 7.99. The first-order valence-electron chi connectivity index (χ1n) is 11.6. The van der Waals surface area contributed by atoms with Crippen LogP contribution in [0.15, 0.2) is 58.6 Å². The van der Waals surface area contributed by atoms with E-state index >= 15 is 0 Å². The fourth-order valence-electron chi connectivity index (χ4n) is 3.22. The number of amides is 3. The molecule has 0 aliphatic rings. The molecule has 0 aliphatic carbocycles. The lowest BCUT2D eigenvalue weighted by Gasteiger charge is -2.20. The average molecular weight is 608 g/mol. The molecule has 1 aromatic heterocycles. The predicted octanol–water partition coefficient (Wildman–Crippen LogP) is 1.59. The highest BCUT2D eigenvalue weighted by Gasteiger charge is 2.28. The molecular weight excluding hydrogens is 585 g/mol. The normalized spacial score (nSPS) is 12.2. The van der Waals surface area contributed by atoms with Gasteiger partial charge in [0.05, 0.1) is 33.9 Å². The van der Waals surface area contributed by atoms with Crippen LogP contribution in [-0.4, -0.2) is 73.4 Å². The Bertz CT molecular complexity index is 1390. The Morgan fingerprint density at radius 2 is 1.68 bits per heavy atom. The van der Waals surface area contributed by atoms with E-state index in [1.54, 1.807) is 48.5 Å². The fraction of sp³-hybridized carbons (Fsp3) is 0.250. The van der Waals surface area contributed by atoms with Crippen LogP contribution in [0.4, 0.5) is 0 Å². The minimum absolute atomic E-state index is 0.155. The molecule has 2 unspecified atom stereocenters. The zero-order valence-corrected chi connectivity index (χ0v) is 23.2. The van der Waals surface area contributed by atoms with Crippen molar-refractivity contribution in [3.05, 3.63) is 64.1 Å². The van der Waals surface area contributed by atoms with Crippen LogP contribution in [0.3, 0.4) is 0 Å². The number of aliphatic carboxylic acids is 1. The molecule has 3 aromatic rings. The topological polar surface area (TPSA) is 185 Å². The number of hydrogen-bond acceptors (Lipinski definition) is 9. The Kier molecular flexibility index (Phi) is 11.0. The van der Waals surface area contributed by atoms with Gasteiger partial charge in [-0.3, -0.25) is 24.0 Å². The van der Waals surface area contributed by atoms with Gasteiger partial charge < -0.3 is 21.1 Å². The van der Waals surface area contributed by atoms with Crippen molar-refractivity contribution < 1.29 is 29.1 Å². The number of carbonyl (C=O) groups is 5. The van der Waals surface area contributed by atoms with Crippen molar-refractivity contribution in [3.8, 4) is 0 Å². The summed E-state index contributed by atoms with van der Waals surface area (Å²) in [7, 11) is 0. The van der Waals surface area contributed by atoms with Crippen molar-refractivity contribution in [2.75, 3.05) is 6.54 Å². The zero-order valence-electron chi connectivity index (χ0n) is 20.8. The molecule has 3 rings (SSSR count). The van der Waals surface area contributed by atoms with Gasteiger partial charge in [-0.05, 0) is 53.4 Å². The smallest absolute Gasteiger partial charge is 0.305 e. The van der Waals surface area contributed by atoms with Crippen LogP contribution in [-0.2, 0) is 25.7 Å². The maximum Gasteiger partial charge on any atom is 0.305 e. The number of hydrogen-bond donors (Lipinski definition) is 4. The standard InChI is InChI=1S/C24H23Cl2N7O6S/c1-13(28-19(35)11-27-23(39)14-6-3-2-4-7-14)22(38)29-17(10-20(36)37)18(34)12-33-24(30-31-32-33)40-21-15(25)8-5-9-16(21)26/h2-9,13,17H,10-12H2,1H3,(H,27,39)(H,28,35)(H,29,38)(H,36,37). The highest BCUT2D eigenvalue weighted by Crippen LogP contribution is 2.37. The van der Waals surface area contributed by atoms with E-state index in [2.05, 4.69) is 31.5 Å². The van der Waals surface area contributed by atoms with Gasteiger partial charge in [-0.1, -0.05) is 47.5 Å². The van der Waals surface area contributed by atoms with Crippen LogP contribution in [0.1, 0.15) is 23.7 Å². The molecule has 0 fully saturated rings. The summed E-state index contributed by atoms with van der Waals surface area (Å²) in [6.07, 6.45) is -0.723. The highest BCUT2D eigenvalue weighted by atomic mass is 35.5. The summed E-state index contributed by atoms with van der Waals surface area (Å²) in [6.45, 7) is 0.470. The average Bonchev–Trinajstić information content (AvgIpc) is 3.35. The molecule has 4 N–H and O–H groups in total. The van der Waals surface area contributed by atoms with Crippen LogP contribution in [0.5, 0.6) is 0 Å². The van der Waals surface area contributed by atoms with E-state index in [0.29, 0.717) is 20.5 Å². The van der Waals surface area contributed by atoms with Crippen molar-refractivity contribution in [1.82, 2.24) is 36.2 Å². The maximum absolute atomic E-state index is 13.0. The quantitative estimate of drug-likeness (QED) is 0.222. The second-order valence-corrected chi connectivity index (χ2v) is 10.0. The van der Waals surface area contributed by atoms with E-state index in [4.69, 9.17) is 23.2 Å². The van der Waals surface area contributed by atoms with Crippen LogP contribution in [0, 0.1) is 0 Å². The van der Waals surface area contributed by atoms with Gasteiger partial charge in [-0.15, -0.1) is 5.10 Å². The molecule has 3 amide bonds. The first-order valence-corrected chi connectivity index (χ1v) is 13.2. The SMILES string of the molecule is CC(NC(=O)CNC(=O)c1ccccc1)C(=O)NC(CC(=O)O)C(=O)Cn1nnnc1Sc1c(Cl)cccc1Cl. The molecule has 0 radical (unpaired) electrons. The Labute approximate surface area is 242 Å². The number of carbonyl (C=O) groups excluding carboxylic acids is 4. The number of tetrazole rings is 1. The molecule has 13 nitrogen and oxygen atoms in total. The summed E-state index contributed by atoms with van der Waals surface area (Å²) >= 11 is 13.4. The third kappa shape index (κ3) is 8.76. The predicted molar refractivity (Wildman–Crippen MR) is 144 cm³/mol. The summed E-state index contributed by atoms with van der Waals surface area (Å²) in [5, 5.41) is 28.4. The first kappa shape index (κ1) is 30.5. The van der Waals surface area contributed by atoms with Crippen molar-refractivity contribution >= 4 is 64.4 Å². The molecule has 40 heavy (non-hydrogen) atoms. The largest absolute Gasteiger partial charge is 0.481 e. The van der Waals surface area contributed by atoms with Crippen LogP contribution in [0.2, 0.25) is 10.0 Å². The molecule has 0 aliphatic heterocycles. The van der Waals surface area contributed by atoms with Gasteiger partial charge in [-0.2, -0.15) is 0 Å². The van der Waals surface area contributed by atoms with Crippen LogP contribution in [0.25, 0.3) is 0 Å². The number of nitrogens with one attached hydrogen (secondary N) is 3. The zero-order chi connectivity index (χ0) is 29.2. The molecule has 0 spiro atoms. The Morgan fingerprint density at radius 1 is 1.00 bits per heavy atom. The number of ketones is 1. The number of Topliss-reactive ketones (excluding diaryl/α,β-unsaturated/α-hetero) is 1. The summed E-state index contributed by atoms with van der Waals surface area (Å²) in [5.41, 5.74) is 0.357. The minimum atomic E-state index is -1.45. The van der Waals surface area contributed by atoms with Crippen LogP contribution < -0.4 is 16.0 Å². The lowest BCUT2D eigenvalue weighted by Crippen LogP contribution is -2.52. The Balaban J connectivity index is 1.59. The number of carboxylic acid groups (broad SMARTS) is 1. The molecular formula is C24H23Cl2N7O6S. The fourth-order valence-corrected chi connectivity index (χ4v) is 4.65. The number of halogens is 2. The number of carboxylic acids is 1. The maximum atomic E-state index is 13.0. The van der Waals surface area contributed by atoms with Gasteiger partial charge in [-0.25, -0.2) is 4.68 Å². The number of benzene rings is 2. The lowest BCUT2D eigenvalue weighted by molar-refractivity contribution is -0.140. The van der Waals surface area contributed by atoms with Crippen molar-refractivity contribution in [2.45, 2.75) is 42.0 Å². The van der Waals surface area contributed by atoms with Gasteiger partial charge in [0.15, 0.2) is 5.78 Å². The Hall–Kier alpha value is -4.01. The molecule has 2 atom stereocenters. The van der Waals surface area contributed by atoms with E-state index in [1.165, 1.54) is 6.92 Å². The van der Waals surface area contributed by atoms with Gasteiger partial charge in [0.2, 0.25) is 17.0 Å². The molecule has 1 heterocycles. The second-order valence-electron chi connectivity index (χ2n) is 8.24. The second kappa shape index (κ2) is 14.4. The third-order valence-electron chi connectivity index (χ3n) is 5.22. The first-order chi connectivity index (χ1) is 19.0. The van der Waals surface area contributed by atoms with Crippen LogP contribution >= 0.6 is 35.0 Å². The van der Waals surface area contributed by atoms with Gasteiger partial charge in [0.1, 0.15) is 12.6 Å². The van der Waals surface area contributed by atoms with Gasteiger partial charge in [0, 0.05) is 5.56 Å². The summed E-state index contributed by atoms with van der Waals surface area (Å²) in [5.74, 6) is -3.99. The molecule has 16 heteroatoms. The minimum Gasteiger partial charge on any atom is -0.481 e. The summed E-state index contributed by atoms with van der Waals surface area (Å²) < 4.78 is 1.12. The number of aromatic nitrogens is 4. The van der Waals surface area contributed by atoms with E-state index < -0.39 is 61.1 Å². The van der Waals surface area contributed by atoms with E-state index in [-0.39, 0.29) is 5.16 Å². The van der Waals surface area contributed by atoms with Crippen molar-refractivity contribution in [2.24, 2.45) is 0 Å². The molecule has 2 aromatic carbocycles. The van der Waals surface area contributed by atoms with Crippen molar-refractivity contribution in [1.29, 1.82) is 0 Å². The van der Waals surface area contributed by atoms with Gasteiger partial charge >= 0.3 is 5.97 Å². The molecule has 0 bridgehead atoms. The molecule has 0 saturated carbocycles. The van der Waals surface area contributed by atoms with E-state index in [1.807, 2.05) is 0 Å². The molecule has 0 saturated heterocycles. The van der Waals surface area contributed by atoms with Crippen molar-refractivity contribution in [3.63, 3.8) is 0 Å². The number of rotatable bonds is 13. The lowest BCUT2D eigenvalue weighted by atomic mass is 10.1. The Morgan fingerprint density at radius 3 is 2.33 bits per heavy atom. The van der Waals surface area contributed by atoms with E-state index in [9.17, 15) is 29.1 Å². The van der Waals surface area contributed by atoms with E-state index in [0.717, 1.165) is 16.4 Å².